The smallest absolute Gasteiger partial charge is 0.322 e. The number of amidine groups is 1. The third kappa shape index (κ3) is 6.38. The van der Waals surface area contributed by atoms with Crippen LogP contribution in [-0.4, -0.2) is 30.2 Å². The van der Waals surface area contributed by atoms with E-state index in [-0.39, 0.29) is 17.6 Å². The highest BCUT2D eigenvalue weighted by Gasteiger charge is 2.19. The lowest BCUT2D eigenvalue weighted by Crippen LogP contribution is -2.80. The number of piperidine rings is 1. The van der Waals surface area contributed by atoms with Crippen LogP contribution in [0.2, 0.25) is 0 Å². The van der Waals surface area contributed by atoms with Crippen molar-refractivity contribution in [2.75, 3.05) is 18.4 Å². The number of thioether (sulfide) groups is 1. The number of nitrogens with two attached hydrogens (primary N) is 1. The number of rotatable bonds is 7. The van der Waals surface area contributed by atoms with Crippen LogP contribution in [0, 0.1) is 4.91 Å². The molecule has 6 N–H and O–H groups in total. The summed E-state index contributed by atoms with van der Waals surface area (Å²) in [5.74, 6) is 5.85. The van der Waals surface area contributed by atoms with Crippen LogP contribution in [-0.2, 0) is 0 Å². The van der Waals surface area contributed by atoms with Crippen LogP contribution in [0.4, 0.5) is 11.4 Å². The minimum absolute atomic E-state index is 0.191. The average molecular weight is 456 g/mol. The summed E-state index contributed by atoms with van der Waals surface area (Å²) in [7, 11) is 0. The van der Waals surface area contributed by atoms with Crippen LogP contribution in [0.1, 0.15) is 54.9 Å². The average Bonchev–Trinajstić information content (AvgIpc) is 2.84. The minimum atomic E-state index is -0.315. The van der Waals surface area contributed by atoms with Gasteiger partial charge in [0.15, 0.2) is 0 Å². The molecule has 170 valence electrons. The number of nitrogens with zero attached hydrogens (tertiary/aromatic N) is 1. The first kappa shape index (κ1) is 23.9. The number of hydrogen-bond donors (Lipinski definition) is 5. The summed E-state index contributed by atoms with van der Waals surface area (Å²) >= 11 is 1.30. The minimum Gasteiger partial charge on any atom is -0.322 e. The molecule has 32 heavy (non-hydrogen) atoms. The SMILES string of the molecule is CCC(C)[NH+]=C(NN)Sc1ccc(N=O)cc1C(=O)Nc1ccc(C2CCCNC2)cc1. The number of anilines is 1. The van der Waals surface area contributed by atoms with Gasteiger partial charge in [0.1, 0.15) is 5.69 Å². The molecule has 1 aliphatic rings. The molecule has 2 unspecified atom stereocenters. The Balaban J connectivity index is 1.78. The number of hydrazine groups is 1. The summed E-state index contributed by atoms with van der Waals surface area (Å²) in [5.41, 5.74) is 5.15. The Morgan fingerprint density at radius 3 is 2.72 bits per heavy atom. The lowest BCUT2D eigenvalue weighted by atomic mass is 9.91. The van der Waals surface area contributed by atoms with E-state index in [1.54, 1.807) is 12.1 Å². The summed E-state index contributed by atoms with van der Waals surface area (Å²) in [6.45, 7) is 6.16. The quantitative estimate of drug-likeness (QED) is 0.109. The molecule has 1 fully saturated rings. The van der Waals surface area contributed by atoms with Gasteiger partial charge in [0, 0.05) is 17.1 Å². The first-order valence-corrected chi connectivity index (χ1v) is 11.7. The maximum Gasteiger partial charge on any atom is 0.327 e. The van der Waals surface area contributed by atoms with Crippen LogP contribution in [0.3, 0.4) is 0 Å². The molecule has 0 aromatic heterocycles. The molecule has 0 aliphatic carbocycles. The maximum absolute atomic E-state index is 13.1. The van der Waals surface area contributed by atoms with Crippen molar-refractivity contribution >= 4 is 34.2 Å². The van der Waals surface area contributed by atoms with Crippen molar-refractivity contribution in [1.82, 2.24) is 10.7 Å². The molecule has 1 aliphatic heterocycles. The van der Waals surface area contributed by atoms with E-state index in [4.69, 9.17) is 5.84 Å². The van der Waals surface area contributed by atoms with E-state index in [9.17, 15) is 9.70 Å². The Morgan fingerprint density at radius 2 is 2.09 bits per heavy atom. The zero-order valence-corrected chi connectivity index (χ0v) is 19.3. The lowest BCUT2D eigenvalue weighted by molar-refractivity contribution is -0.497. The Hall–Kier alpha value is -2.75. The second-order valence-corrected chi connectivity index (χ2v) is 8.97. The van der Waals surface area contributed by atoms with E-state index < -0.39 is 0 Å². The van der Waals surface area contributed by atoms with Gasteiger partial charge in [-0.1, -0.05) is 19.1 Å². The zero-order chi connectivity index (χ0) is 22.9. The third-order valence-electron chi connectivity index (χ3n) is 5.58. The number of benzene rings is 2. The Morgan fingerprint density at radius 1 is 1.31 bits per heavy atom. The van der Waals surface area contributed by atoms with Gasteiger partial charge in [-0.2, -0.15) is 11.3 Å². The van der Waals surface area contributed by atoms with Gasteiger partial charge in [0.05, 0.1) is 11.6 Å². The molecule has 2 atom stereocenters. The molecule has 0 spiro atoms. The van der Waals surface area contributed by atoms with Gasteiger partial charge in [-0.3, -0.25) is 9.79 Å². The summed E-state index contributed by atoms with van der Waals surface area (Å²) in [4.78, 5) is 28.1. The van der Waals surface area contributed by atoms with Crippen LogP contribution in [0.15, 0.2) is 52.5 Å². The fourth-order valence-electron chi connectivity index (χ4n) is 3.55. The largest absolute Gasteiger partial charge is 0.327 e. The number of carbonyl (C=O) groups is 1. The van der Waals surface area contributed by atoms with Crippen molar-refractivity contribution in [2.24, 2.45) is 11.0 Å². The highest BCUT2D eigenvalue weighted by atomic mass is 32.2. The molecule has 0 bridgehead atoms. The molecule has 2 aromatic carbocycles. The highest BCUT2D eigenvalue weighted by molar-refractivity contribution is 8.13. The van der Waals surface area contributed by atoms with Crippen LogP contribution in [0.25, 0.3) is 0 Å². The van der Waals surface area contributed by atoms with Gasteiger partial charge >= 0.3 is 5.17 Å². The molecule has 2 aromatic rings. The van der Waals surface area contributed by atoms with Gasteiger partial charge in [0.25, 0.3) is 5.91 Å². The second kappa shape index (κ2) is 11.8. The Kier molecular flexibility index (Phi) is 8.78. The lowest BCUT2D eigenvalue weighted by Gasteiger charge is -2.23. The first-order chi connectivity index (χ1) is 15.5. The van der Waals surface area contributed by atoms with E-state index in [1.807, 2.05) is 19.1 Å². The van der Waals surface area contributed by atoms with Gasteiger partial charge in [0.2, 0.25) is 0 Å². The molecule has 9 heteroatoms. The number of nitrogens with one attached hydrogen (secondary N) is 4. The molecular weight excluding hydrogens is 424 g/mol. The Labute approximate surface area is 192 Å². The van der Waals surface area contributed by atoms with Gasteiger partial charge in [-0.15, -0.1) is 4.91 Å². The van der Waals surface area contributed by atoms with E-state index in [1.165, 1.54) is 36.2 Å². The Bertz CT molecular complexity index is 957. The molecule has 3 rings (SSSR count). The number of hydrogen-bond acceptors (Lipinski definition) is 6. The van der Waals surface area contributed by atoms with Crippen LogP contribution >= 0.6 is 11.8 Å². The van der Waals surface area contributed by atoms with E-state index >= 15 is 0 Å². The molecular formula is C23H31N6O2S+. The number of nitroso groups, excluding NO2 is 1. The molecule has 1 saturated heterocycles. The standard InChI is InChI=1S/C23H30N6O2S/c1-3-15(2)26-23(28-24)32-21-11-10-19(29-31)13-20(21)22(30)27-18-8-6-16(7-9-18)17-5-4-12-25-14-17/h6-11,13,15,17,25H,3-5,12,14,24H2,1-2H3,(H,26,28)(H,27,30)/p+1. The molecule has 1 amide bonds. The van der Waals surface area contributed by atoms with E-state index in [0.717, 1.165) is 19.5 Å². The van der Waals surface area contributed by atoms with Crippen molar-refractivity contribution < 1.29 is 9.79 Å². The normalized spacial score (nSPS) is 17.5. The predicted octanol–water partition coefficient (Wildman–Crippen LogP) is 2.59. The fourth-order valence-corrected chi connectivity index (χ4v) is 4.49. The monoisotopic (exact) mass is 455 g/mol. The second-order valence-electron chi connectivity index (χ2n) is 7.92. The summed E-state index contributed by atoms with van der Waals surface area (Å²) < 4.78 is 0. The predicted molar refractivity (Wildman–Crippen MR) is 130 cm³/mol. The first-order valence-electron chi connectivity index (χ1n) is 10.9. The van der Waals surface area contributed by atoms with Crippen LogP contribution in [0.5, 0.6) is 0 Å². The van der Waals surface area contributed by atoms with E-state index in [2.05, 4.69) is 45.3 Å². The zero-order valence-electron chi connectivity index (χ0n) is 18.5. The summed E-state index contributed by atoms with van der Waals surface area (Å²) in [6, 6.07) is 12.9. The van der Waals surface area contributed by atoms with Crippen molar-refractivity contribution in [1.29, 1.82) is 0 Å². The van der Waals surface area contributed by atoms with Gasteiger partial charge in [-0.05, 0) is 91.5 Å². The fraction of sp³-hybridized carbons (Fsp3) is 0.391. The topological polar surface area (TPSA) is 123 Å². The van der Waals surface area contributed by atoms with Gasteiger partial charge in [-0.25, -0.2) is 0 Å². The van der Waals surface area contributed by atoms with Crippen molar-refractivity contribution in [3.8, 4) is 0 Å². The van der Waals surface area contributed by atoms with Gasteiger partial charge < -0.3 is 10.6 Å². The summed E-state index contributed by atoms with van der Waals surface area (Å²) in [6.07, 6.45) is 3.26. The van der Waals surface area contributed by atoms with Crippen molar-refractivity contribution in [3.05, 3.63) is 58.5 Å². The van der Waals surface area contributed by atoms with Crippen molar-refractivity contribution in [3.63, 3.8) is 0 Å². The molecule has 0 radical (unpaired) electrons. The third-order valence-corrected chi connectivity index (χ3v) is 6.60. The summed E-state index contributed by atoms with van der Waals surface area (Å²) in [5, 5.41) is 9.95. The van der Waals surface area contributed by atoms with E-state index in [0.29, 0.717) is 27.2 Å². The highest BCUT2D eigenvalue weighted by Crippen LogP contribution is 2.28. The van der Waals surface area contributed by atoms with Crippen molar-refractivity contribution in [2.45, 2.75) is 50.0 Å². The number of amides is 1. The molecule has 1 heterocycles. The number of carbonyl (C=O) groups excluding carboxylic acids is 1. The maximum atomic E-state index is 13.1. The van der Waals surface area contributed by atoms with Crippen LogP contribution < -0.4 is 26.9 Å². The molecule has 0 saturated carbocycles. The molecule has 8 nitrogen and oxygen atoms in total.